The lowest BCUT2D eigenvalue weighted by Gasteiger charge is -2.13. The summed E-state index contributed by atoms with van der Waals surface area (Å²) in [4.78, 5) is 11.0. The Hall–Kier alpha value is -0.570. The number of hydrogen-bond donors (Lipinski definition) is 1. The van der Waals surface area contributed by atoms with Crippen molar-refractivity contribution in [3.63, 3.8) is 0 Å². The van der Waals surface area contributed by atoms with E-state index in [-0.39, 0.29) is 5.91 Å². The minimum atomic E-state index is 0.181. The third kappa shape index (κ3) is 7.37. The van der Waals surface area contributed by atoms with Crippen molar-refractivity contribution >= 4 is 5.91 Å². The highest BCUT2D eigenvalue weighted by Gasteiger charge is 2.16. The van der Waals surface area contributed by atoms with Gasteiger partial charge >= 0.3 is 0 Å². The summed E-state index contributed by atoms with van der Waals surface area (Å²) in [7, 11) is 0. The molecule has 3 heteroatoms. The van der Waals surface area contributed by atoms with E-state index < -0.39 is 0 Å². The van der Waals surface area contributed by atoms with Crippen molar-refractivity contribution < 1.29 is 4.79 Å². The van der Waals surface area contributed by atoms with E-state index in [9.17, 15) is 4.79 Å². The number of amides is 1. The number of rotatable bonds is 10. The topological polar surface area (TPSA) is 32.3 Å². The smallest absolute Gasteiger partial charge is 0.235 e. The first kappa shape index (κ1) is 14.5. The monoisotopic (exact) mass is 240 g/mol. The molecule has 1 heterocycles. The van der Waals surface area contributed by atoms with Crippen LogP contribution in [0.25, 0.3) is 0 Å². The van der Waals surface area contributed by atoms with E-state index in [1.54, 1.807) is 0 Å². The minimum Gasteiger partial charge on any atom is -0.289 e. The Morgan fingerprint density at radius 2 is 1.59 bits per heavy atom. The van der Waals surface area contributed by atoms with Crippen LogP contribution < -0.4 is 5.43 Å². The molecule has 0 spiro atoms. The van der Waals surface area contributed by atoms with Gasteiger partial charge in [0.15, 0.2) is 0 Å². The molecule has 1 saturated heterocycles. The molecule has 0 saturated carbocycles. The molecule has 0 atom stereocenters. The van der Waals surface area contributed by atoms with Gasteiger partial charge in [0.05, 0.1) is 0 Å². The first-order chi connectivity index (χ1) is 8.33. The summed E-state index contributed by atoms with van der Waals surface area (Å²) < 4.78 is 0. The van der Waals surface area contributed by atoms with Crippen molar-refractivity contribution in [3.05, 3.63) is 0 Å². The summed E-state index contributed by atoms with van der Waals surface area (Å²) >= 11 is 0. The maximum atomic E-state index is 11.0. The zero-order valence-electron chi connectivity index (χ0n) is 11.3. The van der Waals surface area contributed by atoms with Gasteiger partial charge in [0, 0.05) is 19.5 Å². The van der Waals surface area contributed by atoms with Crippen LogP contribution in [0.5, 0.6) is 0 Å². The first-order valence-corrected chi connectivity index (χ1v) is 7.37. The fourth-order valence-electron chi connectivity index (χ4n) is 2.31. The summed E-state index contributed by atoms with van der Waals surface area (Å²) in [6, 6.07) is 0. The van der Waals surface area contributed by atoms with Crippen molar-refractivity contribution in [3.8, 4) is 0 Å². The van der Waals surface area contributed by atoms with E-state index >= 15 is 0 Å². The predicted octanol–water partition coefficient (Wildman–Crippen LogP) is 3.25. The van der Waals surface area contributed by atoms with E-state index in [0.717, 1.165) is 13.1 Å². The third-order valence-electron chi connectivity index (χ3n) is 3.42. The molecule has 0 aromatic rings. The van der Waals surface area contributed by atoms with Crippen molar-refractivity contribution in [1.29, 1.82) is 0 Å². The zero-order valence-corrected chi connectivity index (χ0v) is 11.3. The fourth-order valence-corrected chi connectivity index (χ4v) is 2.31. The molecule has 0 bridgehead atoms. The van der Waals surface area contributed by atoms with Crippen molar-refractivity contribution in [1.82, 2.24) is 10.4 Å². The van der Waals surface area contributed by atoms with Gasteiger partial charge in [-0.1, -0.05) is 58.3 Å². The van der Waals surface area contributed by atoms with Crippen molar-refractivity contribution in [2.24, 2.45) is 0 Å². The van der Waals surface area contributed by atoms with Crippen LogP contribution in [-0.4, -0.2) is 24.0 Å². The molecule has 0 unspecified atom stereocenters. The number of unbranched alkanes of at least 4 members (excludes halogenated alkanes) is 8. The molecule has 100 valence electrons. The van der Waals surface area contributed by atoms with E-state index in [2.05, 4.69) is 17.4 Å². The highest BCUT2D eigenvalue weighted by molar-refractivity contribution is 5.77. The number of nitrogens with zero attached hydrogens (tertiary/aromatic N) is 1. The van der Waals surface area contributed by atoms with Gasteiger partial charge in [-0.25, -0.2) is 5.01 Å². The van der Waals surface area contributed by atoms with E-state index in [4.69, 9.17) is 0 Å². The van der Waals surface area contributed by atoms with Crippen molar-refractivity contribution in [2.75, 3.05) is 13.1 Å². The molecule has 3 nitrogen and oxygen atoms in total. The molecular formula is C14H28N2O. The lowest BCUT2D eigenvalue weighted by molar-refractivity contribution is -0.121. The second kappa shape index (κ2) is 9.46. The van der Waals surface area contributed by atoms with Crippen LogP contribution in [0.4, 0.5) is 0 Å². The van der Waals surface area contributed by atoms with Gasteiger partial charge in [-0.2, -0.15) is 0 Å². The summed E-state index contributed by atoms with van der Waals surface area (Å²) in [5.74, 6) is 0.181. The number of carbonyl (C=O) groups excluding carboxylic acids is 1. The van der Waals surface area contributed by atoms with E-state index in [1.165, 1.54) is 57.8 Å². The Morgan fingerprint density at radius 3 is 2.12 bits per heavy atom. The summed E-state index contributed by atoms with van der Waals surface area (Å²) in [6.45, 7) is 4.19. The summed E-state index contributed by atoms with van der Waals surface area (Å²) in [5.41, 5.74) is 2.87. The molecule has 1 rings (SSSR count). The predicted molar refractivity (Wildman–Crippen MR) is 71.6 cm³/mol. The van der Waals surface area contributed by atoms with Crippen LogP contribution in [0.1, 0.15) is 71.1 Å². The Morgan fingerprint density at radius 1 is 1.00 bits per heavy atom. The summed E-state index contributed by atoms with van der Waals surface area (Å²) in [5, 5.41) is 2.06. The van der Waals surface area contributed by atoms with Crippen LogP contribution in [0.2, 0.25) is 0 Å². The quantitative estimate of drug-likeness (QED) is 0.594. The van der Waals surface area contributed by atoms with Gasteiger partial charge in [0.1, 0.15) is 0 Å². The maximum Gasteiger partial charge on any atom is 0.235 e. The molecule has 1 amide bonds. The largest absolute Gasteiger partial charge is 0.289 e. The number of hydrogen-bond acceptors (Lipinski definition) is 2. The Labute approximate surface area is 106 Å². The third-order valence-corrected chi connectivity index (χ3v) is 3.42. The molecule has 1 aliphatic rings. The Balaban J connectivity index is 1.77. The minimum absolute atomic E-state index is 0.181. The number of nitrogens with one attached hydrogen (secondary N) is 1. The Bertz CT molecular complexity index is 206. The number of hydrazine groups is 1. The SMILES string of the molecule is CCCCCCCCCCCN1CCC(=O)N1. The first-order valence-electron chi connectivity index (χ1n) is 7.37. The second-order valence-electron chi connectivity index (χ2n) is 5.10. The molecular weight excluding hydrogens is 212 g/mol. The molecule has 1 fully saturated rings. The van der Waals surface area contributed by atoms with Gasteiger partial charge in [0.25, 0.3) is 0 Å². The molecule has 0 aliphatic carbocycles. The van der Waals surface area contributed by atoms with Gasteiger partial charge in [0.2, 0.25) is 5.91 Å². The molecule has 1 N–H and O–H groups in total. The van der Waals surface area contributed by atoms with Crippen LogP contribution >= 0.6 is 0 Å². The fraction of sp³-hybridized carbons (Fsp3) is 0.929. The summed E-state index contributed by atoms with van der Waals surface area (Å²) in [6.07, 6.45) is 12.9. The zero-order chi connectivity index (χ0) is 12.3. The molecule has 0 aromatic heterocycles. The standard InChI is InChI=1S/C14H28N2O/c1-2-3-4-5-6-7-8-9-10-12-16-13-11-14(17)15-16/h2-13H2,1H3,(H,15,17). The van der Waals surface area contributed by atoms with Gasteiger partial charge < -0.3 is 0 Å². The molecule has 0 aromatic carbocycles. The van der Waals surface area contributed by atoms with Gasteiger partial charge in [-0.05, 0) is 6.42 Å². The van der Waals surface area contributed by atoms with Crippen LogP contribution in [0.3, 0.4) is 0 Å². The van der Waals surface area contributed by atoms with Crippen molar-refractivity contribution in [2.45, 2.75) is 71.1 Å². The molecule has 0 radical (unpaired) electrons. The van der Waals surface area contributed by atoms with E-state index in [0.29, 0.717) is 6.42 Å². The highest BCUT2D eigenvalue weighted by Crippen LogP contribution is 2.10. The van der Waals surface area contributed by atoms with Gasteiger partial charge in [-0.15, -0.1) is 0 Å². The van der Waals surface area contributed by atoms with Crippen LogP contribution in [0.15, 0.2) is 0 Å². The molecule has 1 aliphatic heterocycles. The van der Waals surface area contributed by atoms with Gasteiger partial charge in [-0.3, -0.25) is 10.2 Å². The van der Waals surface area contributed by atoms with E-state index in [1.807, 2.05) is 0 Å². The number of carbonyl (C=O) groups is 1. The lowest BCUT2D eigenvalue weighted by Crippen LogP contribution is -2.33. The highest BCUT2D eigenvalue weighted by atomic mass is 16.2. The second-order valence-corrected chi connectivity index (χ2v) is 5.10. The Kier molecular flexibility index (Phi) is 8.06. The molecule has 17 heavy (non-hydrogen) atoms. The average Bonchev–Trinajstić information content (AvgIpc) is 2.73. The normalized spacial score (nSPS) is 16.4. The average molecular weight is 240 g/mol. The van der Waals surface area contributed by atoms with Crippen LogP contribution in [-0.2, 0) is 4.79 Å². The van der Waals surface area contributed by atoms with Crippen LogP contribution in [0, 0.1) is 0 Å². The lowest BCUT2D eigenvalue weighted by atomic mass is 10.1. The maximum absolute atomic E-state index is 11.0.